The van der Waals surface area contributed by atoms with Crippen molar-refractivity contribution < 1.29 is 4.74 Å². The molecule has 0 aromatic carbocycles. The fourth-order valence-corrected chi connectivity index (χ4v) is 2.26. The van der Waals surface area contributed by atoms with Gasteiger partial charge in [0.15, 0.2) is 5.82 Å². The molecule has 1 aromatic rings. The fourth-order valence-electron chi connectivity index (χ4n) is 2.26. The van der Waals surface area contributed by atoms with E-state index in [-0.39, 0.29) is 5.41 Å². The quantitative estimate of drug-likeness (QED) is 0.759. The normalized spacial score (nSPS) is 18.8. The summed E-state index contributed by atoms with van der Waals surface area (Å²) < 4.78 is 5.45. The van der Waals surface area contributed by atoms with E-state index in [0.29, 0.717) is 6.61 Å². The number of H-pyrrole nitrogens is 1. The summed E-state index contributed by atoms with van der Waals surface area (Å²) in [5.41, 5.74) is 6.10. The Hall–Kier alpha value is -1.14. The number of hydrogen-bond donors (Lipinski definition) is 2. The van der Waals surface area contributed by atoms with E-state index in [0.717, 1.165) is 57.3 Å². The molecule has 3 N–H and O–H groups in total. The van der Waals surface area contributed by atoms with Crippen molar-refractivity contribution in [1.82, 2.24) is 15.2 Å². The van der Waals surface area contributed by atoms with E-state index in [1.54, 1.807) is 0 Å². The first-order chi connectivity index (χ1) is 9.17. The lowest BCUT2D eigenvalue weighted by atomic mass is 9.81. The number of nitrogens with two attached hydrogens (primary N) is 1. The topological polar surface area (TPSA) is 80.1 Å². The van der Waals surface area contributed by atoms with E-state index in [9.17, 15) is 0 Å². The Morgan fingerprint density at radius 2 is 2.16 bits per heavy atom. The Labute approximate surface area is 114 Å². The van der Waals surface area contributed by atoms with Crippen LogP contribution in [0.15, 0.2) is 0 Å². The average molecular weight is 267 g/mol. The molecule has 0 atom stereocenters. The molecule has 1 aliphatic heterocycles. The van der Waals surface area contributed by atoms with Crippen molar-refractivity contribution >= 4 is 5.95 Å². The lowest BCUT2D eigenvalue weighted by Gasteiger charge is -2.38. The molecule has 0 aliphatic carbocycles. The minimum Gasteiger partial charge on any atom is -0.373 e. The summed E-state index contributed by atoms with van der Waals surface area (Å²) in [4.78, 5) is 6.70. The summed E-state index contributed by atoms with van der Waals surface area (Å²) in [5, 5.41) is 7.21. The smallest absolute Gasteiger partial charge is 0.244 e. The van der Waals surface area contributed by atoms with Gasteiger partial charge in [-0.25, -0.2) is 0 Å². The highest BCUT2D eigenvalue weighted by molar-refractivity contribution is 5.29. The van der Waals surface area contributed by atoms with Crippen LogP contribution in [0, 0.1) is 5.41 Å². The minimum atomic E-state index is 0.278. The molecule has 1 aliphatic rings. The van der Waals surface area contributed by atoms with Gasteiger partial charge in [0.05, 0.1) is 0 Å². The number of aromatic nitrogens is 3. The molecule has 0 spiro atoms. The summed E-state index contributed by atoms with van der Waals surface area (Å²) in [5.74, 6) is 1.59. The molecule has 1 saturated heterocycles. The van der Waals surface area contributed by atoms with Crippen molar-refractivity contribution in [3.8, 4) is 0 Å². The Morgan fingerprint density at radius 1 is 1.42 bits per heavy atom. The van der Waals surface area contributed by atoms with Gasteiger partial charge in [0.2, 0.25) is 5.95 Å². The molecule has 0 unspecified atom stereocenters. The highest BCUT2D eigenvalue weighted by atomic mass is 16.5. The van der Waals surface area contributed by atoms with Crippen LogP contribution in [0.2, 0.25) is 0 Å². The number of nitrogens with one attached hydrogen (secondary N) is 1. The van der Waals surface area contributed by atoms with Crippen LogP contribution in [0.4, 0.5) is 5.95 Å². The van der Waals surface area contributed by atoms with Gasteiger partial charge >= 0.3 is 0 Å². The molecule has 6 heteroatoms. The number of rotatable bonds is 6. The summed E-state index contributed by atoms with van der Waals surface area (Å²) in [6, 6.07) is 0. The maximum atomic E-state index is 5.82. The Balaban J connectivity index is 1.86. The molecule has 108 valence electrons. The molecule has 1 fully saturated rings. The highest BCUT2D eigenvalue weighted by Crippen LogP contribution is 2.30. The number of hydrogen-bond acceptors (Lipinski definition) is 5. The van der Waals surface area contributed by atoms with Crippen LogP contribution < -0.4 is 10.6 Å². The minimum absolute atomic E-state index is 0.278. The Kier molecular flexibility index (Phi) is 4.76. The third-order valence-electron chi connectivity index (χ3n) is 3.85. The average Bonchev–Trinajstić information content (AvgIpc) is 2.89. The summed E-state index contributed by atoms with van der Waals surface area (Å²) in [7, 11) is 0. The highest BCUT2D eigenvalue weighted by Gasteiger charge is 2.29. The second-order valence-corrected chi connectivity index (χ2v) is 5.64. The molecular formula is C13H25N5O. The van der Waals surface area contributed by atoms with E-state index < -0.39 is 0 Å². The molecular weight excluding hydrogens is 242 g/mol. The van der Waals surface area contributed by atoms with Gasteiger partial charge in [0.1, 0.15) is 6.61 Å². The monoisotopic (exact) mass is 267 g/mol. The maximum absolute atomic E-state index is 5.82. The Morgan fingerprint density at radius 3 is 2.79 bits per heavy atom. The predicted octanol–water partition coefficient (Wildman–Crippen LogP) is 1.30. The number of aromatic amines is 1. The van der Waals surface area contributed by atoms with E-state index >= 15 is 0 Å². The number of piperidine rings is 1. The lowest BCUT2D eigenvalue weighted by molar-refractivity contribution is 0.116. The van der Waals surface area contributed by atoms with Crippen LogP contribution in [0.3, 0.4) is 0 Å². The van der Waals surface area contributed by atoms with Crippen molar-refractivity contribution in [1.29, 1.82) is 0 Å². The summed E-state index contributed by atoms with van der Waals surface area (Å²) in [6.07, 6.45) is 3.21. The van der Waals surface area contributed by atoms with Crippen LogP contribution >= 0.6 is 0 Å². The SMILES string of the molecule is CCCOCc1nc(N2CCC(C)(CN)CC2)n[nH]1. The van der Waals surface area contributed by atoms with Crippen LogP contribution in [0.25, 0.3) is 0 Å². The first kappa shape index (κ1) is 14.3. The van der Waals surface area contributed by atoms with Gasteiger partial charge in [-0.05, 0) is 31.2 Å². The van der Waals surface area contributed by atoms with Crippen LogP contribution in [-0.4, -0.2) is 41.4 Å². The first-order valence-corrected chi connectivity index (χ1v) is 7.11. The van der Waals surface area contributed by atoms with Gasteiger partial charge in [-0.2, -0.15) is 4.98 Å². The molecule has 0 bridgehead atoms. The number of ether oxygens (including phenoxy) is 1. The lowest BCUT2D eigenvalue weighted by Crippen LogP contribution is -2.42. The predicted molar refractivity (Wildman–Crippen MR) is 74.9 cm³/mol. The molecule has 6 nitrogen and oxygen atoms in total. The van der Waals surface area contributed by atoms with Crippen molar-refractivity contribution in [2.75, 3.05) is 31.1 Å². The van der Waals surface area contributed by atoms with Crippen molar-refractivity contribution in [2.45, 2.75) is 39.7 Å². The molecule has 1 aromatic heterocycles. The van der Waals surface area contributed by atoms with E-state index in [4.69, 9.17) is 10.5 Å². The molecule has 2 heterocycles. The van der Waals surface area contributed by atoms with Crippen LogP contribution in [0.5, 0.6) is 0 Å². The Bertz CT molecular complexity index is 384. The van der Waals surface area contributed by atoms with Crippen LogP contribution in [0.1, 0.15) is 38.9 Å². The third kappa shape index (κ3) is 3.67. The maximum Gasteiger partial charge on any atom is 0.244 e. The van der Waals surface area contributed by atoms with Gasteiger partial charge in [-0.1, -0.05) is 13.8 Å². The third-order valence-corrected chi connectivity index (χ3v) is 3.85. The first-order valence-electron chi connectivity index (χ1n) is 7.11. The van der Waals surface area contributed by atoms with E-state index in [1.165, 1.54) is 0 Å². The summed E-state index contributed by atoms with van der Waals surface area (Å²) in [6.45, 7) is 8.32. The van der Waals surface area contributed by atoms with Crippen molar-refractivity contribution in [3.63, 3.8) is 0 Å². The summed E-state index contributed by atoms with van der Waals surface area (Å²) >= 11 is 0. The zero-order chi connectivity index (χ0) is 13.7. The van der Waals surface area contributed by atoms with E-state index in [2.05, 4.69) is 33.9 Å². The van der Waals surface area contributed by atoms with Crippen LogP contribution in [-0.2, 0) is 11.3 Å². The van der Waals surface area contributed by atoms with Gasteiger partial charge < -0.3 is 15.4 Å². The largest absolute Gasteiger partial charge is 0.373 e. The zero-order valence-electron chi connectivity index (χ0n) is 12.0. The standard InChI is InChI=1S/C13H25N5O/c1-3-8-19-9-11-15-12(17-16-11)18-6-4-13(2,10-14)5-7-18/h3-10,14H2,1-2H3,(H,15,16,17). The van der Waals surface area contributed by atoms with Gasteiger partial charge in [-0.15, -0.1) is 5.10 Å². The van der Waals surface area contributed by atoms with E-state index in [1.807, 2.05) is 0 Å². The second kappa shape index (κ2) is 6.34. The fraction of sp³-hybridized carbons (Fsp3) is 0.846. The number of anilines is 1. The van der Waals surface area contributed by atoms with Crippen molar-refractivity contribution in [2.24, 2.45) is 11.1 Å². The molecule has 19 heavy (non-hydrogen) atoms. The zero-order valence-corrected chi connectivity index (χ0v) is 12.0. The second-order valence-electron chi connectivity index (χ2n) is 5.64. The molecule has 2 rings (SSSR count). The van der Waals surface area contributed by atoms with Gasteiger partial charge in [0.25, 0.3) is 0 Å². The van der Waals surface area contributed by atoms with Crippen molar-refractivity contribution in [3.05, 3.63) is 5.82 Å². The van der Waals surface area contributed by atoms with Gasteiger partial charge in [0, 0.05) is 19.7 Å². The van der Waals surface area contributed by atoms with Gasteiger partial charge in [-0.3, -0.25) is 5.10 Å². The molecule has 0 amide bonds. The molecule has 0 radical (unpaired) electrons. The molecule has 0 saturated carbocycles. The number of nitrogens with zero attached hydrogens (tertiary/aromatic N) is 3.